The van der Waals surface area contributed by atoms with E-state index in [1.807, 2.05) is 13.1 Å². The second kappa shape index (κ2) is 4.73. The average Bonchev–Trinajstić information content (AvgIpc) is 2.51. The van der Waals surface area contributed by atoms with Crippen molar-refractivity contribution in [3.63, 3.8) is 0 Å². The third-order valence-corrected chi connectivity index (χ3v) is 1.89. The molecule has 0 saturated heterocycles. The highest BCUT2D eigenvalue weighted by Gasteiger charge is 2.09. The van der Waals surface area contributed by atoms with Crippen LogP contribution in [0.15, 0.2) is 12.3 Å². The highest BCUT2D eigenvalue weighted by Crippen LogP contribution is 1.94. The molecule has 1 heterocycles. The molecule has 6 nitrogen and oxygen atoms in total. The lowest BCUT2D eigenvalue weighted by molar-refractivity contribution is -0.125. The second-order valence-corrected chi connectivity index (χ2v) is 3.00. The zero-order chi connectivity index (χ0) is 10.6. The highest BCUT2D eigenvalue weighted by molar-refractivity contribution is 5.78. The maximum atomic E-state index is 10.5. The first-order valence-corrected chi connectivity index (χ1v) is 4.26. The molecule has 0 saturated carbocycles. The molecule has 0 bridgehead atoms. The fourth-order valence-corrected chi connectivity index (χ4v) is 1.01. The number of rotatable bonds is 5. The minimum atomic E-state index is -1.14. The van der Waals surface area contributed by atoms with Crippen LogP contribution in [0.4, 0.5) is 0 Å². The van der Waals surface area contributed by atoms with Gasteiger partial charge in [0.15, 0.2) is 0 Å². The van der Waals surface area contributed by atoms with Gasteiger partial charge in [-0.15, -0.1) is 0 Å². The van der Waals surface area contributed by atoms with Gasteiger partial charge >= 0.3 is 0 Å². The molecule has 1 atom stereocenters. The van der Waals surface area contributed by atoms with Crippen molar-refractivity contribution >= 4 is 5.91 Å². The van der Waals surface area contributed by atoms with Crippen molar-refractivity contribution in [2.45, 2.75) is 12.6 Å². The maximum Gasteiger partial charge on any atom is 0.247 e. The first kappa shape index (κ1) is 10.7. The van der Waals surface area contributed by atoms with Crippen molar-refractivity contribution in [1.82, 2.24) is 15.1 Å². The fraction of sp³-hybridized carbons (Fsp3) is 0.500. The van der Waals surface area contributed by atoms with Crippen molar-refractivity contribution < 1.29 is 9.90 Å². The summed E-state index contributed by atoms with van der Waals surface area (Å²) in [5.74, 6) is -0.720. The molecule has 1 aromatic rings. The van der Waals surface area contributed by atoms with Gasteiger partial charge in [0.2, 0.25) is 5.91 Å². The normalized spacial score (nSPS) is 12.7. The van der Waals surface area contributed by atoms with E-state index >= 15 is 0 Å². The Balaban J connectivity index is 2.29. The van der Waals surface area contributed by atoms with Gasteiger partial charge in [-0.3, -0.25) is 9.48 Å². The molecule has 0 fully saturated rings. The Hall–Kier alpha value is -1.40. The maximum absolute atomic E-state index is 10.5. The number of aromatic nitrogens is 2. The zero-order valence-corrected chi connectivity index (χ0v) is 7.97. The van der Waals surface area contributed by atoms with Gasteiger partial charge in [-0.25, -0.2) is 0 Å². The van der Waals surface area contributed by atoms with Crippen LogP contribution < -0.4 is 11.1 Å². The van der Waals surface area contributed by atoms with Gasteiger partial charge in [0, 0.05) is 26.3 Å². The van der Waals surface area contributed by atoms with Crippen LogP contribution in [-0.4, -0.2) is 33.4 Å². The number of aliphatic hydroxyl groups is 1. The zero-order valence-electron chi connectivity index (χ0n) is 7.97. The minimum Gasteiger partial charge on any atom is -0.382 e. The van der Waals surface area contributed by atoms with E-state index in [-0.39, 0.29) is 6.54 Å². The number of nitrogens with one attached hydrogen (secondary N) is 1. The molecule has 0 aliphatic rings. The Labute approximate surface area is 81.7 Å². The number of aliphatic hydroxyl groups excluding tert-OH is 1. The van der Waals surface area contributed by atoms with Gasteiger partial charge < -0.3 is 16.2 Å². The Morgan fingerprint density at radius 2 is 2.57 bits per heavy atom. The van der Waals surface area contributed by atoms with Gasteiger partial charge in [-0.1, -0.05) is 0 Å². The standard InChI is InChI=1S/C8H14N4O2/c1-12-6(2-3-11-12)4-10-5-7(13)8(9)14/h2-3,7,10,13H,4-5H2,1H3,(H2,9,14). The summed E-state index contributed by atoms with van der Waals surface area (Å²) in [5, 5.41) is 15.9. The topological polar surface area (TPSA) is 93.2 Å². The summed E-state index contributed by atoms with van der Waals surface area (Å²) < 4.78 is 1.71. The van der Waals surface area contributed by atoms with E-state index in [4.69, 9.17) is 10.8 Å². The second-order valence-electron chi connectivity index (χ2n) is 3.00. The lowest BCUT2D eigenvalue weighted by atomic mass is 10.3. The van der Waals surface area contributed by atoms with Gasteiger partial charge in [0.25, 0.3) is 0 Å². The summed E-state index contributed by atoms with van der Waals surface area (Å²) in [7, 11) is 1.82. The Morgan fingerprint density at radius 1 is 1.86 bits per heavy atom. The van der Waals surface area contributed by atoms with Crippen molar-refractivity contribution in [3.05, 3.63) is 18.0 Å². The number of primary amides is 1. The molecule has 1 aromatic heterocycles. The lowest BCUT2D eigenvalue weighted by Gasteiger charge is -2.08. The van der Waals surface area contributed by atoms with Crippen LogP contribution in [0.2, 0.25) is 0 Å². The number of nitrogens with zero attached hydrogens (tertiary/aromatic N) is 2. The van der Waals surface area contributed by atoms with Gasteiger partial charge in [0.05, 0.1) is 5.69 Å². The highest BCUT2D eigenvalue weighted by atomic mass is 16.3. The van der Waals surface area contributed by atoms with E-state index in [0.717, 1.165) is 5.69 Å². The number of carbonyl (C=O) groups excluding carboxylic acids is 1. The van der Waals surface area contributed by atoms with Crippen molar-refractivity contribution in [1.29, 1.82) is 0 Å². The summed E-state index contributed by atoms with van der Waals surface area (Å²) in [6.45, 7) is 0.696. The summed E-state index contributed by atoms with van der Waals surface area (Å²) in [6, 6.07) is 1.85. The average molecular weight is 198 g/mol. The van der Waals surface area contributed by atoms with E-state index < -0.39 is 12.0 Å². The quantitative estimate of drug-likeness (QED) is 0.529. The summed E-state index contributed by atoms with van der Waals surface area (Å²) in [4.78, 5) is 10.5. The summed E-state index contributed by atoms with van der Waals surface area (Å²) in [6.07, 6.45) is 0.546. The van der Waals surface area contributed by atoms with Gasteiger partial charge in [-0.2, -0.15) is 5.10 Å². The van der Waals surface area contributed by atoms with Crippen LogP contribution in [0.25, 0.3) is 0 Å². The Bertz CT molecular complexity index is 310. The number of hydrogen-bond acceptors (Lipinski definition) is 4. The molecular weight excluding hydrogens is 184 g/mol. The van der Waals surface area contributed by atoms with Gasteiger partial charge in [-0.05, 0) is 6.07 Å². The first-order chi connectivity index (χ1) is 6.61. The predicted octanol–water partition coefficient (Wildman–Crippen LogP) is -1.64. The van der Waals surface area contributed by atoms with E-state index in [9.17, 15) is 4.79 Å². The molecule has 0 aliphatic heterocycles. The van der Waals surface area contributed by atoms with Crippen LogP contribution in [0.5, 0.6) is 0 Å². The van der Waals surface area contributed by atoms with Crippen molar-refractivity contribution in [2.75, 3.05) is 6.54 Å². The molecule has 0 aromatic carbocycles. The molecule has 78 valence electrons. The number of nitrogens with two attached hydrogens (primary N) is 1. The monoisotopic (exact) mass is 198 g/mol. The fourth-order valence-electron chi connectivity index (χ4n) is 1.01. The van der Waals surface area contributed by atoms with Crippen LogP contribution >= 0.6 is 0 Å². The summed E-state index contributed by atoms with van der Waals surface area (Å²) >= 11 is 0. The first-order valence-electron chi connectivity index (χ1n) is 4.26. The molecule has 14 heavy (non-hydrogen) atoms. The number of carbonyl (C=O) groups is 1. The van der Waals surface area contributed by atoms with Crippen LogP contribution in [0.1, 0.15) is 5.69 Å². The lowest BCUT2D eigenvalue weighted by Crippen LogP contribution is -2.37. The predicted molar refractivity (Wildman–Crippen MR) is 50.1 cm³/mol. The molecule has 0 aliphatic carbocycles. The molecule has 0 radical (unpaired) electrons. The van der Waals surface area contributed by atoms with Crippen molar-refractivity contribution in [3.8, 4) is 0 Å². The largest absolute Gasteiger partial charge is 0.382 e. The number of hydrogen-bond donors (Lipinski definition) is 3. The van der Waals surface area contributed by atoms with Crippen LogP contribution in [-0.2, 0) is 18.4 Å². The van der Waals surface area contributed by atoms with E-state index in [1.54, 1.807) is 10.9 Å². The third-order valence-electron chi connectivity index (χ3n) is 1.89. The smallest absolute Gasteiger partial charge is 0.247 e. The number of amides is 1. The summed E-state index contributed by atoms with van der Waals surface area (Å²) in [5.41, 5.74) is 5.85. The van der Waals surface area contributed by atoms with E-state index in [0.29, 0.717) is 6.54 Å². The van der Waals surface area contributed by atoms with E-state index in [2.05, 4.69) is 10.4 Å². The Kier molecular flexibility index (Phi) is 3.61. The molecule has 1 rings (SSSR count). The number of aryl methyl sites for hydroxylation is 1. The van der Waals surface area contributed by atoms with Crippen molar-refractivity contribution in [2.24, 2.45) is 12.8 Å². The Morgan fingerprint density at radius 3 is 3.07 bits per heavy atom. The van der Waals surface area contributed by atoms with Gasteiger partial charge in [0.1, 0.15) is 6.10 Å². The molecule has 6 heteroatoms. The van der Waals surface area contributed by atoms with Crippen LogP contribution in [0.3, 0.4) is 0 Å². The van der Waals surface area contributed by atoms with Crippen LogP contribution in [0, 0.1) is 0 Å². The molecule has 1 unspecified atom stereocenters. The van der Waals surface area contributed by atoms with E-state index in [1.165, 1.54) is 0 Å². The molecule has 0 spiro atoms. The molecule has 4 N–H and O–H groups in total. The minimum absolute atomic E-state index is 0.153. The third kappa shape index (κ3) is 2.82. The SMILES string of the molecule is Cn1nccc1CNCC(O)C(N)=O. The molecular formula is C8H14N4O2. The molecule has 1 amide bonds.